The zero-order valence-electron chi connectivity index (χ0n) is 18.6. The molecular formula is C28H29ClN2O2. The molecule has 1 N–H and O–H groups in total. The smallest absolute Gasteiger partial charge is 0.228 e. The molecule has 2 aliphatic heterocycles. The highest BCUT2D eigenvalue weighted by Gasteiger charge is 2.42. The van der Waals surface area contributed by atoms with E-state index in [0.29, 0.717) is 31.0 Å². The predicted molar refractivity (Wildman–Crippen MR) is 131 cm³/mol. The number of aliphatic hydroxyl groups is 1. The molecule has 5 heteroatoms. The van der Waals surface area contributed by atoms with Crippen molar-refractivity contribution in [2.75, 3.05) is 26.2 Å². The molecule has 5 rings (SSSR count). The highest BCUT2D eigenvalue weighted by Crippen LogP contribution is 2.37. The number of halogens is 1. The highest BCUT2D eigenvalue weighted by molar-refractivity contribution is 6.30. The van der Waals surface area contributed by atoms with Crippen molar-refractivity contribution in [3.05, 3.63) is 107 Å². The molecule has 0 bridgehead atoms. The number of benzene rings is 3. The van der Waals surface area contributed by atoms with E-state index in [-0.39, 0.29) is 17.9 Å². The summed E-state index contributed by atoms with van der Waals surface area (Å²) in [4.78, 5) is 17.5. The molecular weight excluding hydrogens is 432 g/mol. The molecule has 2 saturated heterocycles. The molecule has 2 aliphatic rings. The van der Waals surface area contributed by atoms with Crippen LogP contribution in [0.2, 0.25) is 5.02 Å². The summed E-state index contributed by atoms with van der Waals surface area (Å²) in [6.07, 6.45) is 1.10. The van der Waals surface area contributed by atoms with Gasteiger partial charge in [0, 0.05) is 31.2 Å². The van der Waals surface area contributed by atoms with Crippen LogP contribution >= 0.6 is 11.6 Å². The van der Waals surface area contributed by atoms with Crippen molar-refractivity contribution in [2.45, 2.75) is 24.5 Å². The van der Waals surface area contributed by atoms with Crippen LogP contribution in [0.1, 0.15) is 35.6 Å². The van der Waals surface area contributed by atoms with Gasteiger partial charge in [-0.25, -0.2) is 0 Å². The number of likely N-dealkylation sites (tertiary alicyclic amines) is 2. The lowest BCUT2D eigenvalue weighted by atomic mass is 9.83. The monoisotopic (exact) mass is 460 g/mol. The van der Waals surface area contributed by atoms with Crippen molar-refractivity contribution < 1.29 is 9.90 Å². The van der Waals surface area contributed by atoms with Crippen molar-refractivity contribution in [1.29, 1.82) is 0 Å². The lowest BCUT2D eigenvalue weighted by Gasteiger charge is -2.47. The molecule has 0 unspecified atom stereocenters. The fourth-order valence-electron chi connectivity index (χ4n) is 5.17. The SMILES string of the molecule is O=C(C1CN(C(c2ccccc2)c2ccccc2)C1)N1CCC(O)(c2ccc(Cl)cc2)CC1. The van der Waals surface area contributed by atoms with Gasteiger partial charge in [0.2, 0.25) is 5.91 Å². The maximum absolute atomic E-state index is 13.2. The molecule has 170 valence electrons. The molecule has 0 saturated carbocycles. The maximum Gasteiger partial charge on any atom is 0.228 e. The lowest BCUT2D eigenvalue weighted by Crippen LogP contribution is -2.57. The van der Waals surface area contributed by atoms with Gasteiger partial charge in [0.15, 0.2) is 0 Å². The summed E-state index contributed by atoms with van der Waals surface area (Å²) in [5, 5.41) is 11.8. The van der Waals surface area contributed by atoms with E-state index in [1.807, 2.05) is 41.3 Å². The van der Waals surface area contributed by atoms with E-state index in [9.17, 15) is 9.90 Å². The van der Waals surface area contributed by atoms with Gasteiger partial charge in [-0.05, 0) is 41.7 Å². The van der Waals surface area contributed by atoms with E-state index in [2.05, 4.69) is 53.4 Å². The largest absolute Gasteiger partial charge is 0.385 e. The third kappa shape index (κ3) is 4.56. The Balaban J connectivity index is 1.22. The maximum atomic E-state index is 13.2. The average Bonchev–Trinajstić information content (AvgIpc) is 2.82. The van der Waals surface area contributed by atoms with E-state index in [1.165, 1.54) is 11.1 Å². The number of piperidine rings is 1. The van der Waals surface area contributed by atoms with Crippen molar-refractivity contribution >= 4 is 17.5 Å². The number of carbonyl (C=O) groups excluding carboxylic acids is 1. The summed E-state index contributed by atoms with van der Waals surface area (Å²) in [6, 6.07) is 28.6. The summed E-state index contributed by atoms with van der Waals surface area (Å²) in [7, 11) is 0. The summed E-state index contributed by atoms with van der Waals surface area (Å²) in [5.41, 5.74) is 2.49. The third-order valence-electron chi connectivity index (χ3n) is 7.14. The van der Waals surface area contributed by atoms with Gasteiger partial charge in [-0.15, -0.1) is 0 Å². The van der Waals surface area contributed by atoms with Crippen LogP contribution in [-0.4, -0.2) is 47.0 Å². The van der Waals surface area contributed by atoms with Crippen LogP contribution in [0.15, 0.2) is 84.9 Å². The first-order valence-corrected chi connectivity index (χ1v) is 12.0. The summed E-state index contributed by atoms with van der Waals surface area (Å²) in [5.74, 6) is 0.228. The van der Waals surface area contributed by atoms with Crippen molar-refractivity contribution in [1.82, 2.24) is 9.80 Å². The van der Waals surface area contributed by atoms with Crippen LogP contribution in [-0.2, 0) is 10.4 Å². The first-order chi connectivity index (χ1) is 16.0. The van der Waals surface area contributed by atoms with E-state index in [4.69, 9.17) is 11.6 Å². The van der Waals surface area contributed by atoms with Gasteiger partial charge in [0.05, 0.1) is 17.6 Å². The van der Waals surface area contributed by atoms with Gasteiger partial charge in [-0.1, -0.05) is 84.4 Å². The van der Waals surface area contributed by atoms with Gasteiger partial charge in [0.25, 0.3) is 0 Å². The molecule has 4 nitrogen and oxygen atoms in total. The fraction of sp³-hybridized carbons (Fsp3) is 0.321. The van der Waals surface area contributed by atoms with E-state index in [0.717, 1.165) is 18.7 Å². The minimum Gasteiger partial charge on any atom is -0.385 e. The second-order valence-electron chi connectivity index (χ2n) is 9.24. The molecule has 0 spiro atoms. The minimum absolute atomic E-state index is 0.0154. The van der Waals surface area contributed by atoms with Gasteiger partial charge < -0.3 is 10.0 Å². The number of amides is 1. The van der Waals surface area contributed by atoms with Gasteiger partial charge in [0.1, 0.15) is 0 Å². The average molecular weight is 461 g/mol. The van der Waals surface area contributed by atoms with E-state index < -0.39 is 5.60 Å². The van der Waals surface area contributed by atoms with Crippen molar-refractivity contribution in [3.8, 4) is 0 Å². The van der Waals surface area contributed by atoms with Crippen LogP contribution in [0, 0.1) is 5.92 Å². The Morgan fingerprint density at radius 2 is 1.36 bits per heavy atom. The highest BCUT2D eigenvalue weighted by atomic mass is 35.5. The Morgan fingerprint density at radius 1 is 0.848 bits per heavy atom. The third-order valence-corrected chi connectivity index (χ3v) is 7.39. The molecule has 0 aliphatic carbocycles. The number of nitrogens with zero attached hydrogens (tertiary/aromatic N) is 2. The van der Waals surface area contributed by atoms with Gasteiger partial charge in [-0.3, -0.25) is 9.69 Å². The second-order valence-corrected chi connectivity index (χ2v) is 9.67. The minimum atomic E-state index is -0.890. The molecule has 2 fully saturated rings. The van der Waals surface area contributed by atoms with Crippen LogP contribution < -0.4 is 0 Å². The molecule has 0 aromatic heterocycles. The summed E-state index contributed by atoms with van der Waals surface area (Å²) in [6.45, 7) is 2.67. The fourth-order valence-corrected chi connectivity index (χ4v) is 5.29. The molecule has 3 aromatic carbocycles. The predicted octanol–water partition coefficient (Wildman–Crippen LogP) is 4.87. The number of carbonyl (C=O) groups is 1. The zero-order chi connectivity index (χ0) is 22.8. The Bertz CT molecular complexity index is 1030. The molecule has 0 atom stereocenters. The zero-order valence-corrected chi connectivity index (χ0v) is 19.4. The van der Waals surface area contributed by atoms with Gasteiger partial charge >= 0.3 is 0 Å². The van der Waals surface area contributed by atoms with E-state index >= 15 is 0 Å². The molecule has 33 heavy (non-hydrogen) atoms. The summed E-state index contributed by atoms with van der Waals surface area (Å²) >= 11 is 5.99. The second kappa shape index (κ2) is 9.30. The Kier molecular flexibility index (Phi) is 6.24. The van der Waals surface area contributed by atoms with Crippen LogP contribution in [0.25, 0.3) is 0 Å². The first kappa shape index (κ1) is 22.1. The van der Waals surface area contributed by atoms with Crippen LogP contribution in [0.5, 0.6) is 0 Å². The van der Waals surface area contributed by atoms with E-state index in [1.54, 1.807) is 0 Å². The number of hydrogen-bond acceptors (Lipinski definition) is 3. The first-order valence-electron chi connectivity index (χ1n) is 11.6. The van der Waals surface area contributed by atoms with Crippen LogP contribution in [0.3, 0.4) is 0 Å². The number of hydrogen-bond donors (Lipinski definition) is 1. The lowest BCUT2D eigenvalue weighted by molar-refractivity contribution is -0.146. The molecule has 1 amide bonds. The molecule has 2 heterocycles. The molecule has 0 radical (unpaired) electrons. The van der Waals surface area contributed by atoms with Crippen molar-refractivity contribution in [2.24, 2.45) is 5.92 Å². The van der Waals surface area contributed by atoms with Gasteiger partial charge in [-0.2, -0.15) is 0 Å². The normalized spacial score (nSPS) is 18.8. The Hall–Kier alpha value is -2.66. The van der Waals surface area contributed by atoms with Crippen molar-refractivity contribution in [3.63, 3.8) is 0 Å². The van der Waals surface area contributed by atoms with Crippen LogP contribution in [0.4, 0.5) is 0 Å². The standard InChI is InChI=1S/C28H29ClN2O2/c29-25-13-11-24(12-14-25)28(33)15-17-30(18-16-28)27(32)23-19-31(20-23)26(21-7-3-1-4-8-21)22-9-5-2-6-10-22/h1-14,23,26,33H,15-20H2. The quantitative estimate of drug-likeness (QED) is 0.590. The topological polar surface area (TPSA) is 43.8 Å². The summed E-state index contributed by atoms with van der Waals surface area (Å²) < 4.78 is 0. The Morgan fingerprint density at radius 3 is 1.88 bits per heavy atom. The Labute approximate surface area is 200 Å². The molecule has 3 aromatic rings. The number of rotatable bonds is 5.